The van der Waals surface area contributed by atoms with Crippen LogP contribution in [-0.2, 0) is 5.41 Å². The molecule has 0 radical (unpaired) electrons. The van der Waals surface area contributed by atoms with Crippen molar-refractivity contribution >= 4 is 21.5 Å². The van der Waals surface area contributed by atoms with E-state index in [1.54, 1.807) is 0 Å². The van der Waals surface area contributed by atoms with Gasteiger partial charge in [-0.25, -0.2) is 9.97 Å². The van der Waals surface area contributed by atoms with Gasteiger partial charge in [0, 0.05) is 22.1 Å². The number of hydrogen-bond acceptors (Lipinski definition) is 2. The van der Waals surface area contributed by atoms with Gasteiger partial charge < -0.3 is 0 Å². The topological polar surface area (TPSA) is 25.8 Å². The van der Waals surface area contributed by atoms with Crippen LogP contribution in [0.3, 0.4) is 0 Å². The highest BCUT2D eigenvalue weighted by atomic mass is 14.9. The standard InChI is InChI=1S/C57H40N2/c1-57(2)52-35-41-24-13-12-23-40(41)34-51(52)50-28-16-27-49(55(50)57)47-29-30-48(46-26-15-14-25-45(46)47)54-36-53(58-56(59-54)39-21-10-5-11-22-39)44-32-42(37-17-6-3-7-18-37)31-43(33-44)38-19-8-4-9-20-38/h3-36H,1-2H3. The summed E-state index contributed by atoms with van der Waals surface area (Å²) in [6, 6.07) is 74.3. The predicted molar refractivity (Wildman–Crippen MR) is 247 cm³/mol. The molecule has 1 heterocycles. The monoisotopic (exact) mass is 752 g/mol. The lowest BCUT2D eigenvalue weighted by Gasteiger charge is -2.25. The second-order valence-corrected chi connectivity index (χ2v) is 16.2. The van der Waals surface area contributed by atoms with Gasteiger partial charge in [0.2, 0.25) is 0 Å². The normalized spacial score (nSPS) is 12.7. The largest absolute Gasteiger partial charge is 0.228 e. The van der Waals surface area contributed by atoms with E-state index in [9.17, 15) is 0 Å². The highest BCUT2D eigenvalue weighted by Gasteiger charge is 2.38. The smallest absolute Gasteiger partial charge is 0.160 e. The average Bonchev–Trinajstić information content (AvgIpc) is 3.53. The highest BCUT2D eigenvalue weighted by Crippen LogP contribution is 2.54. The van der Waals surface area contributed by atoms with Crippen LogP contribution in [0.4, 0.5) is 0 Å². The Labute approximate surface area is 345 Å². The van der Waals surface area contributed by atoms with Gasteiger partial charge in [0.1, 0.15) is 0 Å². The zero-order chi connectivity index (χ0) is 39.5. The van der Waals surface area contributed by atoms with E-state index < -0.39 is 0 Å². The summed E-state index contributed by atoms with van der Waals surface area (Å²) in [5.41, 5.74) is 17.2. The molecule has 11 rings (SSSR count). The lowest BCUT2D eigenvalue weighted by atomic mass is 9.78. The van der Waals surface area contributed by atoms with Crippen LogP contribution in [0, 0.1) is 0 Å². The van der Waals surface area contributed by atoms with Crippen LogP contribution in [0.2, 0.25) is 0 Å². The molecule has 0 N–H and O–H groups in total. The van der Waals surface area contributed by atoms with Crippen molar-refractivity contribution in [1.82, 2.24) is 9.97 Å². The quantitative estimate of drug-likeness (QED) is 0.169. The minimum absolute atomic E-state index is 0.176. The summed E-state index contributed by atoms with van der Waals surface area (Å²) in [5, 5.41) is 4.92. The summed E-state index contributed by atoms with van der Waals surface area (Å²) in [5.74, 6) is 0.699. The lowest BCUT2D eigenvalue weighted by molar-refractivity contribution is 0.663. The van der Waals surface area contributed by atoms with E-state index >= 15 is 0 Å². The van der Waals surface area contributed by atoms with Crippen molar-refractivity contribution in [2.24, 2.45) is 0 Å². The second-order valence-electron chi connectivity index (χ2n) is 16.2. The third kappa shape index (κ3) is 5.96. The van der Waals surface area contributed by atoms with Crippen LogP contribution in [0.1, 0.15) is 25.0 Å². The molecular formula is C57H40N2. The van der Waals surface area contributed by atoms with Crippen molar-refractivity contribution in [3.8, 4) is 78.4 Å². The molecule has 278 valence electrons. The maximum atomic E-state index is 5.34. The van der Waals surface area contributed by atoms with Gasteiger partial charge in [-0.2, -0.15) is 0 Å². The molecule has 0 aliphatic heterocycles. The Balaban J connectivity index is 1.11. The second kappa shape index (κ2) is 13.9. The van der Waals surface area contributed by atoms with Gasteiger partial charge in [-0.3, -0.25) is 0 Å². The van der Waals surface area contributed by atoms with Gasteiger partial charge in [0.05, 0.1) is 11.4 Å². The maximum Gasteiger partial charge on any atom is 0.160 e. The molecule has 1 aliphatic rings. The molecule has 1 aromatic heterocycles. The van der Waals surface area contributed by atoms with Crippen molar-refractivity contribution in [2.45, 2.75) is 19.3 Å². The first kappa shape index (κ1) is 34.8. The molecule has 9 aromatic carbocycles. The zero-order valence-corrected chi connectivity index (χ0v) is 33.0. The van der Waals surface area contributed by atoms with Gasteiger partial charge >= 0.3 is 0 Å². The van der Waals surface area contributed by atoms with E-state index in [1.165, 1.54) is 49.5 Å². The molecule has 0 atom stereocenters. The van der Waals surface area contributed by atoms with E-state index in [4.69, 9.17) is 9.97 Å². The van der Waals surface area contributed by atoms with Crippen LogP contribution in [0.15, 0.2) is 206 Å². The van der Waals surface area contributed by atoms with Crippen LogP contribution < -0.4 is 0 Å². The predicted octanol–water partition coefficient (Wildman–Crippen LogP) is 15.1. The van der Waals surface area contributed by atoms with Gasteiger partial charge in [-0.15, -0.1) is 0 Å². The Kier molecular flexibility index (Phi) is 8.20. The molecule has 0 fully saturated rings. The number of hydrogen-bond donors (Lipinski definition) is 0. The molecule has 2 nitrogen and oxygen atoms in total. The van der Waals surface area contributed by atoms with Crippen molar-refractivity contribution in [2.75, 3.05) is 0 Å². The SMILES string of the molecule is CC1(C)c2cc3ccccc3cc2-c2cccc(-c3ccc(-c4cc(-c5cc(-c6ccccc6)cc(-c6ccccc6)c5)nc(-c5ccccc5)n4)c4ccccc34)c21. The third-order valence-corrected chi connectivity index (χ3v) is 12.2. The van der Waals surface area contributed by atoms with E-state index in [0.29, 0.717) is 5.82 Å². The number of rotatable bonds is 6. The molecule has 0 saturated heterocycles. The minimum Gasteiger partial charge on any atom is -0.228 e. The van der Waals surface area contributed by atoms with Gasteiger partial charge in [0.25, 0.3) is 0 Å². The molecule has 1 aliphatic carbocycles. The highest BCUT2D eigenvalue weighted by molar-refractivity contribution is 6.07. The van der Waals surface area contributed by atoms with Gasteiger partial charge in [-0.1, -0.05) is 184 Å². The Bertz CT molecular complexity index is 3160. The molecular weight excluding hydrogens is 713 g/mol. The summed E-state index contributed by atoms with van der Waals surface area (Å²) >= 11 is 0. The molecule has 0 amide bonds. The van der Waals surface area contributed by atoms with E-state index in [2.05, 4.69) is 214 Å². The van der Waals surface area contributed by atoms with Crippen molar-refractivity contribution in [3.05, 3.63) is 217 Å². The third-order valence-electron chi connectivity index (χ3n) is 12.2. The molecule has 2 heteroatoms. The fourth-order valence-corrected chi connectivity index (χ4v) is 9.37. The Morgan fingerprint density at radius 2 is 0.814 bits per heavy atom. The summed E-state index contributed by atoms with van der Waals surface area (Å²) in [6.45, 7) is 4.77. The summed E-state index contributed by atoms with van der Waals surface area (Å²) in [7, 11) is 0. The molecule has 0 saturated carbocycles. The summed E-state index contributed by atoms with van der Waals surface area (Å²) in [4.78, 5) is 10.6. The van der Waals surface area contributed by atoms with Crippen LogP contribution >= 0.6 is 0 Å². The Morgan fingerprint density at radius 3 is 1.46 bits per heavy atom. The first-order chi connectivity index (χ1) is 29.0. The van der Waals surface area contributed by atoms with Gasteiger partial charge in [-0.05, 0) is 114 Å². The van der Waals surface area contributed by atoms with E-state index in [1.807, 2.05) is 6.07 Å². The van der Waals surface area contributed by atoms with Gasteiger partial charge in [0.15, 0.2) is 5.82 Å². The Morgan fingerprint density at radius 1 is 0.322 bits per heavy atom. The fourth-order valence-electron chi connectivity index (χ4n) is 9.37. The van der Waals surface area contributed by atoms with Crippen LogP contribution in [-0.4, -0.2) is 9.97 Å². The molecule has 0 bridgehead atoms. The first-order valence-corrected chi connectivity index (χ1v) is 20.4. The van der Waals surface area contributed by atoms with E-state index in [-0.39, 0.29) is 5.41 Å². The number of aromatic nitrogens is 2. The Hall–Kier alpha value is -7.42. The average molecular weight is 753 g/mol. The molecule has 59 heavy (non-hydrogen) atoms. The fraction of sp³-hybridized carbons (Fsp3) is 0.0526. The number of nitrogens with zero attached hydrogens (tertiary/aromatic N) is 2. The summed E-state index contributed by atoms with van der Waals surface area (Å²) < 4.78 is 0. The van der Waals surface area contributed by atoms with Crippen molar-refractivity contribution in [3.63, 3.8) is 0 Å². The number of benzene rings is 9. The lowest BCUT2D eigenvalue weighted by Crippen LogP contribution is -2.16. The van der Waals surface area contributed by atoms with E-state index in [0.717, 1.165) is 55.7 Å². The molecule has 0 unspecified atom stereocenters. The van der Waals surface area contributed by atoms with Crippen molar-refractivity contribution in [1.29, 1.82) is 0 Å². The zero-order valence-electron chi connectivity index (χ0n) is 33.0. The van der Waals surface area contributed by atoms with Crippen molar-refractivity contribution < 1.29 is 0 Å². The first-order valence-electron chi connectivity index (χ1n) is 20.4. The minimum atomic E-state index is -0.176. The molecule has 10 aromatic rings. The van der Waals surface area contributed by atoms with Crippen LogP contribution in [0.5, 0.6) is 0 Å². The van der Waals surface area contributed by atoms with Crippen LogP contribution in [0.25, 0.3) is 100.0 Å². The summed E-state index contributed by atoms with van der Waals surface area (Å²) in [6.07, 6.45) is 0. The number of fused-ring (bicyclic) bond motifs is 5. The molecule has 0 spiro atoms. The maximum absolute atomic E-state index is 5.34.